The highest BCUT2D eigenvalue weighted by molar-refractivity contribution is 7.99. The van der Waals surface area contributed by atoms with Gasteiger partial charge in [0.2, 0.25) is 0 Å². The molecular weight excluding hydrogens is 184 g/mol. The van der Waals surface area contributed by atoms with Crippen LogP contribution in [0.3, 0.4) is 0 Å². The highest BCUT2D eigenvalue weighted by Gasteiger charge is 2.07. The van der Waals surface area contributed by atoms with Crippen molar-refractivity contribution in [2.75, 3.05) is 11.5 Å². The van der Waals surface area contributed by atoms with E-state index in [0.717, 1.165) is 17.4 Å². The Labute approximate surface area is 84.8 Å². The van der Waals surface area contributed by atoms with Gasteiger partial charge in [0, 0.05) is 11.7 Å². The van der Waals surface area contributed by atoms with E-state index >= 15 is 0 Å². The lowest BCUT2D eigenvalue weighted by molar-refractivity contribution is 0.315. The molecule has 0 aromatic carbocycles. The highest BCUT2D eigenvalue weighted by Crippen LogP contribution is 2.12. The van der Waals surface area contributed by atoms with Crippen LogP contribution in [0.4, 0.5) is 0 Å². The summed E-state index contributed by atoms with van der Waals surface area (Å²) >= 11 is 1.86. The van der Waals surface area contributed by atoms with Crippen LogP contribution in [0.15, 0.2) is 5.16 Å². The van der Waals surface area contributed by atoms with Crippen LogP contribution in [0.1, 0.15) is 27.2 Å². The van der Waals surface area contributed by atoms with Gasteiger partial charge in [-0.3, -0.25) is 0 Å². The first-order chi connectivity index (χ1) is 6.07. The number of amidine groups is 1. The molecule has 3 nitrogen and oxygen atoms in total. The maximum absolute atomic E-state index is 8.40. The predicted octanol–water partition coefficient (Wildman–Crippen LogP) is 2.15. The topological polar surface area (TPSA) is 58.6 Å². The number of nitrogens with zero attached hydrogens (tertiary/aromatic N) is 1. The summed E-state index contributed by atoms with van der Waals surface area (Å²) in [7, 11) is 0. The minimum atomic E-state index is 0.169. The van der Waals surface area contributed by atoms with Crippen molar-refractivity contribution in [2.45, 2.75) is 27.2 Å². The summed E-state index contributed by atoms with van der Waals surface area (Å²) in [6.45, 7) is 6.40. The van der Waals surface area contributed by atoms with Gasteiger partial charge in [-0.15, -0.1) is 0 Å². The highest BCUT2D eigenvalue weighted by atomic mass is 32.2. The first-order valence-electron chi connectivity index (χ1n) is 4.63. The number of hydrogen-bond acceptors (Lipinski definition) is 3. The Hall–Kier alpha value is -0.380. The molecule has 0 fully saturated rings. The average molecular weight is 204 g/mol. The lowest BCUT2D eigenvalue weighted by Crippen LogP contribution is -2.23. The summed E-state index contributed by atoms with van der Waals surface area (Å²) < 4.78 is 0. The van der Waals surface area contributed by atoms with Crippen LogP contribution in [-0.4, -0.2) is 22.5 Å². The molecule has 0 aliphatic rings. The minimum absolute atomic E-state index is 0.169. The Morgan fingerprint density at radius 2 is 2.08 bits per heavy atom. The maximum Gasteiger partial charge on any atom is 0.142 e. The normalized spacial score (nSPS) is 14.9. The summed E-state index contributed by atoms with van der Waals surface area (Å²) in [4.78, 5) is 0. The number of rotatable bonds is 6. The molecule has 78 valence electrons. The lowest BCUT2D eigenvalue weighted by atomic mass is 10.2. The smallest absolute Gasteiger partial charge is 0.142 e. The van der Waals surface area contributed by atoms with Gasteiger partial charge in [-0.1, -0.05) is 25.9 Å². The van der Waals surface area contributed by atoms with Gasteiger partial charge in [0.1, 0.15) is 5.84 Å². The van der Waals surface area contributed by atoms with Crippen molar-refractivity contribution in [3.63, 3.8) is 0 Å². The van der Waals surface area contributed by atoms with Crippen LogP contribution in [0, 0.1) is 11.8 Å². The van der Waals surface area contributed by atoms with Crippen LogP contribution in [-0.2, 0) is 0 Å². The minimum Gasteiger partial charge on any atom is -0.409 e. The van der Waals surface area contributed by atoms with E-state index < -0.39 is 0 Å². The van der Waals surface area contributed by atoms with E-state index in [9.17, 15) is 0 Å². The molecule has 1 atom stereocenters. The monoisotopic (exact) mass is 204 g/mol. The molecule has 0 amide bonds. The van der Waals surface area contributed by atoms with Crippen molar-refractivity contribution < 1.29 is 5.21 Å². The molecule has 0 aromatic rings. The van der Waals surface area contributed by atoms with Crippen molar-refractivity contribution in [2.24, 2.45) is 22.7 Å². The third-order valence-corrected chi connectivity index (χ3v) is 3.09. The number of oxime groups is 1. The summed E-state index contributed by atoms with van der Waals surface area (Å²) in [5.41, 5.74) is 5.45. The summed E-state index contributed by atoms with van der Waals surface area (Å²) in [5.74, 6) is 3.34. The van der Waals surface area contributed by atoms with Crippen molar-refractivity contribution in [1.29, 1.82) is 0 Å². The van der Waals surface area contributed by atoms with E-state index in [0.29, 0.717) is 5.84 Å². The predicted molar refractivity (Wildman–Crippen MR) is 59.4 cm³/mol. The van der Waals surface area contributed by atoms with Crippen LogP contribution in [0.25, 0.3) is 0 Å². The van der Waals surface area contributed by atoms with Crippen molar-refractivity contribution in [1.82, 2.24) is 0 Å². The zero-order chi connectivity index (χ0) is 10.3. The fourth-order valence-electron chi connectivity index (χ4n) is 0.763. The molecule has 0 spiro atoms. The molecular formula is C9H20N2OS. The van der Waals surface area contributed by atoms with Crippen molar-refractivity contribution in [3.8, 4) is 0 Å². The van der Waals surface area contributed by atoms with Crippen LogP contribution < -0.4 is 5.73 Å². The first-order valence-corrected chi connectivity index (χ1v) is 5.78. The van der Waals surface area contributed by atoms with E-state index in [-0.39, 0.29) is 5.92 Å². The molecule has 0 aliphatic carbocycles. The maximum atomic E-state index is 8.40. The molecule has 0 heterocycles. The zero-order valence-electron chi connectivity index (χ0n) is 8.66. The van der Waals surface area contributed by atoms with Crippen LogP contribution >= 0.6 is 11.8 Å². The SMILES string of the molecule is CC(C)CCSCC(C)C(N)=NO. The second-order valence-corrected chi connectivity index (χ2v) is 4.83. The quantitative estimate of drug-likeness (QED) is 0.229. The molecule has 0 aromatic heterocycles. The van der Waals surface area contributed by atoms with Gasteiger partial charge in [0.05, 0.1) is 0 Å². The number of thioether (sulfide) groups is 1. The second-order valence-electron chi connectivity index (χ2n) is 3.68. The summed E-state index contributed by atoms with van der Waals surface area (Å²) in [6, 6.07) is 0. The van der Waals surface area contributed by atoms with E-state index in [1.54, 1.807) is 0 Å². The van der Waals surface area contributed by atoms with Gasteiger partial charge >= 0.3 is 0 Å². The van der Waals surface area contributed by atoms with E-state index in [1.807, 2.05) is 18.7 Å². The molecule has 0 aliphatic heterocycles. The van der Waals surface area contributed by atoms with Gasteiger partial charge in [-0.2, -0.15) is 11.8 Å². The molecule has 3 N–H and O–H groups in total. The van der Waals surface area contributed by atoms with E-state index in [2.05, 4.69) is 19.0 Å². The Balaban J connectivity index is 3.43. The van der Waals surface area contributed by atoms with Gasteiger partial charge in [-0.05, 0) is 18.1 Å². The third kappa shape index (κ3) is 6.75. The van der Waals surface area contributed by atoms with Crippen LogP contribution in [0.2, 0.25) is 0 Å². The Kier molecular flexibility index (Phi) is 6.86. The molecule has 0 radical (unpaired) electrons. The molecule has 4 heteroatoms. The second kappa shape index (κ2) is 7.06. The summed E-state index contributed by atoms with van der Waals surface area (Å²) in [6.07, 6.45) is 1.23. The van der Waals surface area contributed by atoms with Crippen LogP contribution in [0.5, 0.6) is 0 Å². The molecule has 0 rings (SSSR count). The van der Waals surface area contributed by atoms with Gasteiger partial charge in [-0.25, -0.2) is 0 Å². The first kappa shape index (κ1) is 12.6. The standard InChI is InChI=1S/C9H20N2OS/c1-7(2)4-5-13-6-8(3)9(10)11-12/h7-8,12H,4-6H2,1-3H3,(H2,10,11). The number of nitrogens with two attached hydrogens (primary N) is 1. The van der Waals surface area contributed by atoms with E-state index in [4.69, 9.17) is 10.9 Å². The fourth-order valence-corrected chi connectivity index (χ4v) is 2.09. The lowest BCUT2D eigenvalue weighted by Gasteiger charge is -2.09. The fraction of sp³-hybridized carbons (Fsp3) is 0.889. The van der Waals surface area contributed by atoms with Crippen molar-refractivity contribution >= 4 is 17.6 Å². The third-order valence-electron chi connectivity index (χ3n) is 1.83. The summed E-state index contributed by atoms with van der Waals surface area (Å²) in [5, 5.41) is 11.4. The molecule has 0 bridgehead atoms. The average Bonchev–Trinajstić information content (AvgIpc) is 2.10. The Morgan fingerprint density at radius 1 is 1.46 bits per heavy atom. The Bertz CT molecular complexity index is 160. The van der Waals surface area contributed by atoms with E-state index in [1.165, 1.54) is 6.42 Å². The van der Waals surface area contributed by atoms with Gasteiger partial charge in [0.15, 0.2) is 0 Å². The molecule has 13 heavy (non-hydrogen) atoms. The van der Waals surface area contributed by atoms with Gasteiger partial charge < -0.3 is 10.9 Å². The molecule has 0 saturated carbocycles. The van der Waals surface area contributed by atoms with Gasteiger partial charge in [0.25, 0.3) is 0 Å². The molecule has 1 unspecified atom stereocenters. The zero-order valence-corrected chi connectivity index (χ0v) is 9.47. The van der Waals surface area contributed by atoms with Crippen molar-refractivity contribution in [3.05, 3.63) is 0 Å². The Morgan fingerprint density at radius 3 is 2.54 bits per heavy atom. The number of hydrogen-bond donors (Lipinski definition) is 2. The largest absolute Gasteiger partial charge is 0.409 e. The molecule has 0 saturated heterocycles.